The number of morpholine rings is 1. The van der Waals surface area contributed by atoms with Gasteiger partial charge in [0, 0.05) is 19.5 Å². The van der Waals surface area contributed by atoms with Crippen molar-refractivity contribution in [3.05, 3.63) is 65.7 Å². The van der Waals surface area contributed by atoms with Crippen LogP contribution in [0.15, 0.2) is 54.6 Å². The van der Waals surface area contributed by atoms with Crippen LogP contribution in [0.4, 0.5) is 0 Å². The van der Waals surface area contributed by atoms with Gasteiger partial charge in [0.1, 0.15) is 11.8 Å². The molecule has 0 saturated carbocycles. The van der Waals surface area contributed by atoms with Crippen LogP contribution in [-0.2, 0) is 20.7 Å². The number of nitrogens with zero attached hydrogens (tertiary/aromatic N) is 1. The quantitative estimate of drug-likeness (QED) is 0.798. The Morgan fingerprint density at radius 2 is 1.75 bits per heavy atom. The number of benzene rings is 2. The first-order valence-corrected chi connectivity index (χ1v) is 9.51. The van der Waals surface area contributed by atoms with Crippen LogP contribution >= 0.6 is 0 Å². The fraction of sp³-hybridized carbons (Fsp3) is 0.364. The smallest absolute Gasteiger partial charge is 0.249 e. The molecule has 28 heavy (non-hydrogen) atoms. The molecular formula is C22H26N2O4. The van der Waals surface area contributed by atoms with E-state index < -0.39 is 6.04 Å². The summed E-state index contributed by atoms with van der Waals surface area (Å²) in [5.41, 5.74) is 1.84. The summed E-state index contributed by atoms with van der Waals surface area (Å²) in [6.07, 6.45) is 0.912. The van der Waals surface area contributed by atoms with Crippen LogP contribution < -0.4 is 10.1 Å². The predicted molar refractivity (Wildman–Crippen MR) is 106 cm³/mol. The lowest BCUT2D eigenvalue weighted by Gasteiger charge is -2.31. The average Bonchev–Trinajstić information content (AvgIpc) is 2.77. The Morgan fingerprint density at radius 1 is 1.07 bits per heavy atom. The lowest BCUT2D eigenvalue weighted by molar-refractivity contribution is -0.140. The molecule has 1 aliphatic heterocycles. The van der Waals surface area contributed by atoms with Crippen LogP contribution in [0.25, 0.3) is 0 Å². The third-order valence-corrected chi connectivity index (χ3v) is 4.81. The maximum Gasteiger partial charge on any atom is 0.249 e. The molecule has 148 valence electrons. The first-order valence-electron chi connectivity index (χ1n) is 9.51. The minimum atomic E-state index is -0.678. The van der Waals surface area contributed by atoms with Crippen molar-refractivity contribution in [1.29, 1.82) is 0 Å². The van der Waals surface area contributed by atoms with Gasteiger partial charge in [0.2, 0.25) is 11.8 Å². The van der Waals surface area contributed by atoms with Gasteiger partial charge < -0.3 is 19.7 Å². The zero-order valence-corrected chi connectivity index (χ0v) is 16.1. The number of methoxy groups -OCH3 is 1. The third kappa shape index (κ3) is 5.33. The van der Waals surface area contributed by atoms with Gasteiger partial charge in [-0.2, -0.15) is 0 Å². The topological polar surface area (TPSA) is 67.9 Å². The lowest BCUT2D eigenvalue weighted by atomic mass is 10.0. The Hall–Kier alpha value is -2.86. The van der Waals surface area contributed by atoms with E-state index in [-0.39, 0.29) is 11.8 Å². The molecule has 2 aromatic rings. The largest absolute Gasteiger partial charge is 0.497 e. The van der Waals surface area contributed by atoms with E-state index in [4.69, 9.17) is 9.47 Å². The van der Waals surface area contributed by atoms with Crippen molar-refractivity contribution in [3.8, 4) is 5.75 Å². The Morgan fingerprint density at radius 3 is 2.39 bits per heavy atom. The minimum absolute atomic E-state index is 0.0905. The van der Waals surface area contributed by atoms with Crippen molar-refractivity contribution in [2.45, 2.75) is 18.9 Å². The first kappa shape index (κ1) is 19.9. The SMILES string of the molecule is COc1ccc(CCC(=O)N[C@H](C(=O)N2CCOCC2)c2ccccc2)cc1. The van der Waals surface area contributed by atoms with Crippen molar-refractivity contribution >= 4 is 11.8 Å². The second-order valence-electron chi connectivity index (χ2n) is 6.70. The van der Waals surface area contributed by atoms with E-state index in [1.54, 1.807) is 12.0 Å². The summed E-state index contributed by atoms with van der Waals surface area (Å²) in [6, 6.07) is 16.3. The maximum absolute atomic E-state index is 13.0. The van der Waals surface area contributed by atoms with E-state index in [1.807, 2.05) is 54.6 Å². The monoisotopic (exact) mass is 382 g/mol. The van der Waals surface area contributed by atoms with Crippen LogP contribution in [0.3, 0.4) is 0 Å². The van der Waals surface area contributed by atoms with Crippen LogP contribution in [0, 0.1) is 0 Å². The molecule has 0 bridgehead atoms. The average molecular weight is 382 g/mol. The van der Waals surface area contributed by atoms with Crippen molar-refractivity contribution in [3.63, 3.8) is 0 Å². The Balaban J connectivity index is 1.64. The highest BCUT2D eigenvalue weighted by molar-refractivity contribution is 5.88. The van der Waals surface area contributed by atoms with Gasteiger partial charge in [-0.15, -0.1) is 0 Å². The van der Waals surface area contributed by atoms with E-state index in [0.717, 1.165) is 16.9 Å². The van der Waals surface area contributed by atoms with E-state index in [0.29, 0.717) is 39.1 Å². The standard InChI is InChI=1S/C22H26N2O4/c1-27-19-10-7-17(8-11-19)9-12-20(25)23-21(18-5-3-2-4-6-18)22(26)24-13-15-28-16-14-24/h2-8,10-11,21H,9,12-16H2,1H3,(H,23,25)/t21-/m0/s1. The Kier molecular flexibility index (Phi) is 7.03. The van der Waals surface area contributed by atoms with Gasteiger partial charge in [-0.05, 0) is 29.7 Å². The molecule has 1 atom stereocenters. The van der Waals surface area contributed by atoms with Gasteiger partial charge in [0.15, 0.2) is 0 Å². The van der Waals surface area contributed by atoms with Gasteiger partial charge in [-0.25, -0.2) is 0 Å². The highest BCUT2D eigenvalue weighted by atomic mass is 16.5. The molecule has 0 radical (unpaired) electrons. The fourth-order valence-corrected chi connectivity index (χ4v) is 3.18. The normalized spacial score (nSPS) is 15.0. The molecule has 1 N–H and O–H groups in total. The first-order chi connectivity index (χ1) is 13.7. The highest BCUT2D eigenvalue weighted by Gasteiger charge is 2.28. The Labute approximate surface area is 165 Å². The number of carbonyl (C=O) groups is 2. The fourth-order valence-electron chi connectivity index (χ4n) is 3.18. The van der Waals surface area contributed by atoms with E-state index in [1.165, 1.54) is 0 Å². The molecule has 1 aliphatic rings. The zero-order chi connectivity index (χ0) is 19.8. The number of carbonyl (C=O) groups excluding carboxylic acids is 2. The highest BCUT2D eigenvalue weighted by Crippen LogP contribution is 2.18. The molecule has 0 unspecified atom stereocenters. The van der Waals surface area contributed by atoms with Gasteiger partial charge in [-0.1, -0.05) is 42.5 Å². The van der Waals surface area contributed by atoms with E-state index >= 15 is 0 Å². The molecule has 0 spiro atoms. The van der Waals surface area contributed by atoms with Gasteiger partial charge >= 0.3 is 0 Å². The number of ether oxygens (including phenoxy) is 2. The second kappa shape index (κ2) is 9.90. The number of amides is 2. The summed E-state index contributed by atoms with van der Waals surface area (Å²) < 4.78 is 10.5. The van der Waals surface area contributed by atoms with Crippen molar-refractivity contribution in [2.75, 3.05) is 33.4 Å². The van der Waals surface area contributed by atoms with Crippen molar-refractivity contribution in [1.82, 2.24) is 10.2 Å². The number of rotatable bonds is 7. The summed E-state index contributed by atoms with van der Waals surface area (Å²) >= 11 is 0. The summed E-state index contributed by atoms with van der Waals surface area (Å²) in [5.74, 6) is 0.548. The van der Waals surface area contributed by atoms with Crippen molar-refractivity contribution in [2.24, 2.45) is 0 Å². The summed E-state index contributed by atoms with van der Waals surface area (Å²) in [5, 5.41) is 2.93. The molecule has 6 nitrogen and oxygen atoms in total. The van der Waals surface area contributed by atoms with Gasteiger partial charge in [0.05, 0.1) is 20.3 Å². The molecule has 2 aromatic carbocycles. The van der Waals surface area contributed by atoms with Crippen LogP contribution in [0.5, 0.6) is 5.75 Å². The molecule has 0 aliphatic carbocycles. The number of aryl methyl sites for hydroxylation is 1. The number of nitrogens with one attached hydrogen (secondary N) is 1. The van der Waals surface area contributed by atoms with Crippen LogP contribution in [-0.4, -0.2) is 50.1 Å². The molecule has 0 aromatic heterocycles. The second-order valence-corrected chi connectivity index (χ2v) is 6.70. The van der Waals surface area contributed by atoms with Crippen LogP contribution in [0.2, 0.25) is 0 Å². The predicted octanol–water partition coefficient (Wildman–Crippen LogP) is 2.34. The molecule has 1 fully saturated rings. The molecule has 1 heterocycles. The van der Waals surface area contributed by atoms with Crippen molar-refractivity contribution < 1.29 is 19.1 Å². The molecule has 3 rings (SSSR count). The number of hydrogen-bond donors (Lipinski definition) is 1. The van der Waals surface area contributed by atoms with E-state index in [2.05, 4.69) is 5.32 Å². The molecule has 2 amide bonds. The summed E-state index contributed by atoms with van der Waals surface area (Å²) in [4.78, 5) is 27.4. The number of hydrogen-bond acceptors (Lipinski definition) is 4. The third-order valence-electron chi connectivity index (χ3n) is 4.81. The zero-order valence-electron chi connectivity index (χ0n) is 16.1. The summed E-state index contributed by atoms with van der Waals surface area (Å²) in [7, 11) is 1.62. The molecule has 6 heteroatoms. The summed E-state index contributed by atoms with van der Waals surface area (Å²) in [6.45, 7) is 2.14. The maximum atomic E-state index is 13.0. The van der Waals surface area contributed by atoms with Gasteiger partial charge in [-0.3, -0.25) is 9.59 Å². The molecule has 1 saturated heterocycles. The molecular weight excluding hydrogens is 356 g/mol. The minimum Gasteiger partial charge on any atom is -0.497 e. The Bertz CT molecular complexity index is 771. The van der Waals surface area contributed by atoms with Gasteiger partial charge in [0.25, 0.3) is 0 Å². The van der Waals surface area contributed by atoms with E-state index in [9.17, 15) is 9.59 Å². The van der Waals surface area contributed by atoms with Crippen LogP contribution in [0.1, 0.15) is 23.6 Å². The lowest BCUT2D eigenvalue weighted by Crippen LogP contribution is -2.47.